The molecule has 0 aliphatic carbocycles. The van der Waals surface area contributed by atoms with Gasteiger partial charge in [-0.15, -0.1) is 0 Å². The van der Waals surface area contributed by atoms with Crippen LogP contribution in [-0.2, 0) is 30.4 Å². The SMILES string of the molecule is CC(C)C[C@H](N)C(=O)N[C@@H](CCC(N)=O)C(=O)N[C@H](C(=O)N[C@@H](Cc1ccccc1)C(=O)O)C(C)C. The number of carbonyl (C=O) groups is 5. The number of carbonyl (C=O) groups excluding carboxylic acids is 4. The zero-order valence-corrected chi connectivity index (χ0v) is 21.3. The van der Waals surface area contributed by atoms with E-state index in [-0.39, 0.29) is 25.2 Å². The second kappa shape index (κ2) is 14.8. The summed E-state index contributed by atoms with van der Waals surface area (Å²) in [4.78, 5) is 61.6. The summed E-state index contributed by atoms with van der Waals surface area (Å²) < 4.78 is 0. The predicted octanol–water partition coefficient (Wildman–Crippen LogP) is 0.0630. The molecule has 0 heterocycles. The lowest BCUT2D eigenvalue weighted by Gasteiger charge is -2.27. The molecule has 1 rings (SSSR count). The van der Waals surface area contributed by atoms with Gasteiger partial charge in [0.05, 0.1) is 6.04 Å². The van der Waals surface area contributed by atoms with E-state index in [2.05, 4.69) is 16.0 Å². The number of rotatable bonds is 15. The first-order valence-corrected chi connectivity index (χ1v) is 12.0. The Labute approximate surface area is 211 Å². The molecule has 4 atom stereocenters. The first-order chi connectivity index (χ1) is 16.8. The van der Waals surface area contributed by atoms with E-state index in [1.807, 2.05) is 13.8 Å². The second-order valence-electron chi connectivity index (χ2n) is 9.62. The number of carboxylic acids is 1. The quantitative estimate of drug-likeness (QED) is 0.194. The Morgan fingerprint density at radius 2 is 1.44 bits per heavy atom. The number of benzene rings is 1. The highest BCUT2D eigenvalue weighted by molar-refractivity contribution is 5.94. The molecule has 0 aliphatic heterocycles. The fourth-order valence-corrected chi connectivity index (χ4v) is 3.55. The molecule has 0 aromatic heterocycles. The van der Waals surface area contributed by atoms with Gasteiger partial charge in [0.15, 0.2) is 0 Å². The van der Waals surface area contributed by atoms with Crippen LogP contribution in [-0.4, -0.2) is 58.9 Å². The topological polar surface area (TPSA) is 194 Å². The summed E-state index contributed by atoms with van der Waals surface area (Å²) in [6.45, 7) is 7.18. The molecular formula is C25H39N5O6. The third kappa shape index (κ3) is 10.9. The van der Waals surface area contributed by atoms with E-state index < -0.39 is 59.7 Å². The molecule has 4 amide bonds. The van der Waals surface area contributed by atoms with Crippen molar-refractivity contribution in [1.29, 1.82) is 0 Å². The lowest BCUT2D eigenvalue weighted by molar-refractivity contribution is -0.142. The van der Waals surface area contributed by atoms with E-state index >= 15 is 0 Å². The van der Waals surface area contributed by atoms with E-state index in [1.165, 1.54) is 0 Å². The van der Waals surface area contributed by atoms with Crippen molar-refractivity contribution in [2.24, 2.45) is 23.3 Å². The van der Waals surface area contributed by atoms with Crippen LogP contribution in [0.4, 0.5) is 0 Å². The van der Waals surface area contributed by atoms with Crippen LogP contribution in [0.5, 0.6) is 0 Å². The lowest BCUT2D eigenvalue weighted by Crippen LogP contribution is -2.58. The summed E-state index contributed by atoms with van der Waals surface area (Å²) in [5.74, 6) is -4.08. The maximum absolute atomic E-state index is 13.1. The molecule has 0 fully saturated rings. The maximum Gasteiger partial charge on any atom is 0.326 e. The van der Waals surface area contributed by atoms with Gasteiger partial charge in [-0.05, 0) is 30.2 Å². The second-order valence-corrected chi connectivity index (χ2v) is 9.62. The minimum Gasteiger partial charge on any atom is -0.480 e. The van der Waals surface area contributed by atoms with Crippen molar-refractivity contribution in [2.75, 3.05) is 0 Å². The van der Waals surface area contributed by atoms with Crippen LogP contribution in [0.15, 0.2) is 30.3 Å². The Kier molecular flexibility index (Phi) is 12.6. The van der Waals surface area contributed by atoms with Crippen molar-refractivity contribution in [3.8, 4) is 0 Å². The molecule has 1 aromatic rings. The van der Waals surface area contributed by atoms with Crippen molar-refractivity contribution in [3.63, 3.8) is 0 Å². The van der Waals surface area contributed by atoms with Gasteiger partial charge < -0.3 is 32.5 Å². The number of nitrogens with two attached hydrogens (primary N) is 2. The summed E-state index contributed by atoms with van der Waals surface area (Å²) in [5, 5.41) is 17.2. The predicted molar refractivity (Wildman–Crippen MR) is 134 cm³/mol. The van der Waals surface area contributed by atoms with Crippen molar-refractivity contribution in [3.05, 3.63) is 35.9 Å². The van der Waals surface area contributed by atoms with Gasteiger partial charge in [-0.2, -0.15) is 0 Å². The average Bonchev–Trinajstić information content (AvgIpc) is 2.79. The third-order valence-corrected chi connectivity index (χ3v) is 5.52. The van der Waals surface area contributed by atoms with Crippen molar-refractivity contribution in [2.45, 2.75) is 77.5 Å². The molecule has 0 spiro atoms. The number of hydrogen-bond donors (Lipinski definition) is 6. The molecule has 0 radical (unpaired) electrons. The summed E-state index contributed by atoms with van der Waals surface area (Å²) in [6, 6.07) is 4.51. The molecule has 0 aliphatic rings. The van der Waals surface area contributed by atoms with E-state index in [0.29, 0.717) is 6.42 Å². The molecule has 8 N–H and O–H groups in total. The molecule has 0 saturated carbocycles. The van der Waals surface area contributed by atoms with E-state index in [9.17, 15) is 29.1 Å². The molecule has 200 valence electrons. The molecule has 36 heavy (non-hydrogen) atoms. The van der Waals surface area contributed by atoms with Crippen LogP contribution in [0.1, 0.15) is 52.5 Å². The van der Waals surface area contributed by atoms with E-state index in [0.717, 1.165) is 5.56 Å². The maximum atomic E-state index is 13.1. The Morgan fingerprint density at radius 3 is 1.94 bits per heavy atom. The van der Waals surface area contributed by atoms with Gasteiger partial charge in [0, 0.05) is 12.8 Å². The zero-order chi connectivity index (χ0) is 27.4. The van der Waals surface area contributed by atoms with Crippen LogP contribution in [0.25, 0.3) is 0 Å². The van der Waals surface area contributed by atoms with Crippen LogP contribution >= 0.6 is 0 Å². The van der Waals surface area contributed by atoms with Gasteiger partial charge in [0.1, 0.15) is 18.1 Å². The zero-order valence-electron chi connectivity index (χ0n) is 21.3. The monoisotopic (exact) mass is 505 g/mol. The van der Waals surface area contributed by atoms with Crippen molar-refractivity contribution < 1.29 is 29.1 Å². The fraction of sp³-hybridized carbons (Fsp3) is 0.560. The number of nitrogens with one attached hydrogen (secondary N) is 3. The molecule has 11 heteroatoms. The van der Waals surface area contributed by atoms with E-state index in [4.69, 9.17) is 11.5 Å². The molecule has 0 saturated heterocycles. The number of aliphatic carboxylic acids is 1. The normalized spacial score (nSPS) is 14.4. The Bertz CT molecular complexity index is 905. The van der Waals surface area contributed by atoms with Gasteiger partial charge in [-0.3, -0.25) is 19.2 Å². The number of carboxylic acid groups (broad SMARTS) is 1. The highest BCUT2D eigenvalue weighted by Crippen LogP contribution is 2.09. The lowest BCUT2D eigenvalue weighted by atomic mass is 10.00. The van der Waals surface area contributed by atoms with Crippen molar-refractivity contribution in [1.82, 2.24) is 16.0 Å². The van der Waals surface area contributed by atoms with Crippen LogP contribution in [0.2, 0.25) is 0 Å². The minimum absolute atomic E-state index is 0.0612. The molecule has 1 aromatic carbocycles. The molecule has 11 nitrogen and oxygen atoms in total. The Hall–Kier alpha value is -3.47. The van der Waals surface area contributed by atoms with Gasteiger partial charge >= 0.3 is 5.97 Å². The molecular weight excluding hydrogens is 466 g/mol. The summed E-state index contributed by atoms with van der Waals surface area (Å²) in [5.41, 5.74) is 11.8. The minimum atomic E-state index is -1.22. The summed E-state index contributed by atoms with van der Waals surface area (Å²) in [7, 11) is 0. The van der Waals surface area contributed by atoms with Gasteiger partial charge in [0.25, 0.3) is 0 Å². The van der Waals surface area contributed by atoms with Crippen molar-refractivity contribution >= 4 is 29.6 Å². The van der Waals surface area contributed by atoms with Crippen LogP contribution < -0.4 is 27.4 Å². The smallest absolute Gasteiger partial charge is 0.326 e. The Balaban J connectivity index is 2.98. The number of hydrogen-bond acceptors (Lipinski definition) is 6. The number of amides is 4. The fourth-order valence-electron chi connectivity index (χ4n) is 3.55. The third-order valence-electron chi connectivity index (χ3n) is 5.52. The number of primary amides is 1. The standard InChI is InChI=1S/C25H39N5O6/c1-14(2)12-17(26)22(32)28-18(10-11-20(27)31)23(33)30-21(15(3)4)24(34)29-19(25(35)36)13-16-8-6-5-7-9-16/h5-9,14-15,17-19,21H,10-13,26H2,1-4H3,(H2,27,31)(H,28,32)(H,29,34)(H,30,33)(H,35,36)/t17-,18-,19-,21-/m0/s1. The first kappa shape index (κ1) is 30.6. The average molecular weight is 506 g/mol. The summed E-state index contributed by atoms with van der Waals surface area (Å²) >= 11 is 0. The van der Waals surface area contributed by atoms with Gasteiger partial charge in [-0.25, -0.2) is 4.79 Å². The van der Waals surface area contributed by atoms with E-state index in [1.54, 1.807) is 44.2 Å². The van der Waals surface area contributed by atoms with Crippen LogP contribution in [0, 0.1) is 11.8 Å². The molecule has 0 unspecified atom stereocenters. The largest absolute Gasteiger partial charge is 0.480 e. The Morgan fingerprint density at radius 1 is 0.861 bits per heavy atom. The first-order valence-electron chi connectivity index (χ1n) is 12.0. The molecule has 0 bridgehead atoms. The highest BCUT2D eigenvalue weighted by Gasteiger charge is 2.32. The summed E-state index contributed by atoms with van der Waals surface area (Å²) in [6.07, 6.45) is 0.199. The van der Waals surface area contributed by atoms with Gasteiger partial charge in [0.2, 0.25) is 23.6 Å². The highest BCUT2D eigenvalue weighted by atomic mass is 16.4. The van der Waals surface area contributed by atoms with Gasteiger partial charge in [-0.1, -0.05) is 58.0 Å². The van der Waals surface area contributed by atoms with Crippen LogP contribution in [0.3, 0.4) is 0 Å².